The molecule has 19 heteroatoms. The summed E-state index contributed by atoms with van der Waals surface area (Å²) in [5.41, 5.74) is 0. The number of phosphoric acid groups is 2. The highest BCUT2D eigenvalue weighted by molar-refractivity contribution is 7.47. The minimum atomic E-state index is -4.96. The van der Waals surface area contributed by atoms with Crippen molar-refractivity contribution in [1.29, 1.82) is 0 Å². The van der Waals surface area contributed by atoms with Gasteiger partial charge in [0.1, 0.15) is 19.3 Å². The van der Waals surface area contributed by atoms with Crippen LogP contribution in [0.1, 0.15) is 383 Å². The first kappa shape index (κ1) is 93.1. The summed E-state index contributed by atoms with van der Waals surface area (Å²) >= 11 is 0. The summed E-state index contributed by atoms with van der Waals surface area (Å²) in [4.78, 5) is 72.7. The normalized spacial score (nSPS) is 15.0. The summed E-state index contributed by atoms with van der Waals surface area (Å²) in [5.74, 6) is 0.970. The van der Waals surface area contributed by atoms with Gasteiger partial charge in [0.2, 0.25) is 0 Å². The van der Waals surface area contributed by atoms with E-state index in [0.29, 0.717) is 31.6 Å². The van der Waals surface area contributed by atoms with Gasteiger partial charge in [-0.3, -0.25) is 37.3 Å². The molecule has 17 nitrogen and oxygen atoms in total. The molecular weight excluding hydrogens is 1250 g/mol. The maximum atomic E-state index is 13.1. The Bertz CT molecular complexity index is 1870. The quantitative estimate of drug-likeness (QED) is 0.0222. The third-order valence-electron chi connectivity index (χ3n) is 18.7. The monoisotopic (exact) mass is 1400 g/mol. The number of ether oxygens (including phenoxy) is 4. The fraction of sp³-hybridized carbons (Fsp3) is 0.947. The number of carbonyl (C=O) groups is 4. The molecule has 0 saturated heterocycles. The Morgan fingerprint density at radius 2 is 0.505 bits per heavy atom. The first-order valence-electron chi connectivity index (χ1n) is 39.3. The van der Waals surface area contributed by atoms with E-state index in [0.717, 1.165) is 114 Å². The van der Waals surface area contributed by atoms with Crippen molar-refractivity contribution in [3.05, 3.63) is 0 Å². The van der Waals surface area contributed by atoms with E-state index in [1.807, 2.05) is 0 Å². The van der Waals surface area contributed by atoms with E-state index in [1.165, 1.54) is 180 Å². The van der Waals surface area contributed by atoms with Crippen LogP contribution in [0, 0.1) is 23.7 Å². The minimum absolute atomic E-state index is 0.101. The standard InChI is InChI=1S/C76H148O17P2/c1-9-67(6)53-45-37-28-24-20-16-12-14-18-22-26-30-40-48-56-73(78)86-62-71(92-75(80)58-50-42-31-27-23-19-15-13-17-21-25-29-38-46-54-68(7)10-2)64-90-94(82,83)88-60-70(77)61-89-95(84,85)91-65-72(93-76(81)59-51-43-34-32-36-44-52-66(4)5)63-87-74(79)57-49-41-35-33-39-47-55-69(8)11-3/h66-72,77H,9-65H2,1-8H3,(H,82,83)(H,84,85)/t67?,68?,69?,70-,71-,72-/m1/s1. The number of esters is 4. The van der Waals surface area contributed by atoms with Crippen LogP contribution in [-0.4, -0.2) is 96.7 Å². The Morgan fingerprint density at radius 1 is 0.295 bits per heavy atom. The summed E-state index contributed by atoms with van der Waals surface area (Å²) in [6.07, 6.45) is 50.1. The number of phosphoric ester groups is 2. The van der Waals surface area contributed by atoms with Crippen LogP contribution in [0.5, 0.6) is 0 Å². The summed E-state index contributed by atoms with van der Waals surface area (Å²) in [7, 11) is -9.91. The van der Waals surface area contributed by atoms with Crippen LogP contribution in [0.2, 0.25) is 0 Å². The Kier molecular flexibility index (Phi) is 64.0. The van der Waals surface area contributed by atoms with E-state index in [2.05, 4.69) is 55.4 Å². The number of aliphatic hydroxyl groups is 1. The lowest BCUT2D eigenvalue weighted by atomic mass is 9.99. The van der Waals surface area contributed by atoms with Gasteiger partial charge < -0.3 is 33.8 Å². The van der Waals surface area contributed by atoms with Crippen LogP contribution < -0.4 is 0 Å². The zero-order valence-electron chi connectivity index (χ0n) is 62.3. The Morgan fingerprint density at radius 3 is 0.747 bits per heavy atom. The predicted octanol–water partition coefficient (Wildman–Crippen LogP) is 22.0. The Hall–Kier alpha value is -1.94. The minimum Gasteiger partial charge on any atom is -0.462 e. The molecular formula is C76H148O17P2. The molecule has 0 spiro atoms. The fourth-order valence-electron chi connectivity index (χ4n) is 11.5. The van der Waals surface area contributed by atoms with Crippen molar-refractivity contribution in [2.75, 3.05) is 39.6 Å². The largest absolute Gasteiger partial charge is 0.472 e. The van der Waals surface area contributed by atoms with E-state index in [-0.39, 0.29) is 25.7 Å². The molecule has 0 saturated carbocycles. The number of hydrogen-bond acceptors (Lipinski definition) is 15. The van der Waals surface area contributed by atoms with Gasteiger partial charge in [-0.2, -0.15) is 0 Å². The van der Waals surface area contributed by atoms with Crippen molar-refractivity contribution in [1.82, 2.24) is 0 Å². The van der Waals surface area contributed by atoms with Crippen molar-refractivity contribution < 1.29 is 80.2 Å². The molecule has 5 unspecified atom stereocenters. The highest BCUT2D eigenvalue weighted by Gasteiger charge is 2.30. The molecule has 0 amide bonds. The molecule has 564 valence electrons. The number of rotatable bonds is 73. The van der Waals surface area contributed by atoms with E-state index in [4.69, 9.17) is 37.0 Å². The highest BCUT2D eigenvalue weighted by atomic mass is 31.2. The molecule has 3 N–H and O–H groups in total. The molecule has 0 aromatic carbocycles. The zero-order chi connectivity index (χ0) is 70.3. The number of unbranched alkanes of at least 4 members (excludes halogenated alkanes) is 36. The van der Waals surface area contributed by atoms with Crippen molar-refractivity contribution in [2.45, 2.75) is 401 Å². The third-order valence-corrected chi connectivity index (χ3v) is 20.6. The molecule has 0 aromatic heterocycles. The second kappa shape index (κ2) is 65.4. The van der Waals surface area contributed by atoms with Gasteiger partial charge in [0.15, 0.2) is 12.2 Å². The number of hydrogen-bond donors (Lipinski definition) is 3. The van der Waals surface area contributed by atoms with E-state index >= 15 is 0 Å². The summed E-state index contributed by atoms with van der Waals surface area (Å²) in [5, 5.41) is 10.6. The Labute approximate surface area is 581 Å². The molecule has 0 bridgehead atoms. The average molecular weight is 1400 g/mol. The van der Waals surface area contributed by atoms with Crippen LogP contribution in [0.3, 0.4) is 0 Å². The second-order valence-corrected chi connectivity index (χ2v) is 31.5. The maximum Gasteiger partial charge on any atom is 0.472 e. The van der Waals surface area contributed by atoms with Gasteiger partial charge in [-0.25, -0.2) is 9.13 Å². The van der Waals surface area contributed by atoms with E-state index in [1.54, 1.807) is 0 Å². The van der Waals surface area contributed by atoms with Gasteiger partial charge in [-0.05, 0) is 49.4 Å². The van der Waals surface area contributed by atoms with E-state index in [9.17, 15) is 43.2 Å². The van der Waals surface area contributed by atoms with Crippen LogP contribution in [0.25, 0.3) is 0 Å². The lowest BCUT2D eigenvalue weighted by Gasteiger charge is -2.21. The van der Waals surface area contributed by atoms with Gasteiger partial charge >= 0.3 is 39.5 Å². The van der Waals surface area contributed by atoms with Gasteiger partial charge in [0.25, 0.3) is 0 Å². The molecule has 95 heavy (non-hydrogen) atoms. The van der Waals surface area contributed by atoms with Gasteiger partial charge in [0.05, 0.1) is 26.4 Å². The molecule has 8 atom stereocenters. The molecule has 0 rings (SSSR count). The fourth-order valence-corrected chi connectivity index (χ4v) is 13.0. The van der Waals surface area contributed by atoms with Crippen molar-refractivity contribution in [2.24, 2.45) is 23.7 Å². The summed E-state index contributed by atoms with van der Waals surface area (Å²) < 4.78 is 68.4. The molecule has 0 aliphatic rings. The van der Waals surface area contributed by atoms with Crippen LogP contribution in [-0.2, 0) is 65.4 Å². The lowest BCUT2D eigenvalue weighted by molar-refractivity contribution is -0.161. The molecule has 0 fully saturated rings. The van der Waals surface area contributed by atoms with Crippen LogP contribution in [0.15, 0.2) is 0 Å². The number of carbonyl (C=O) groups excluding carboxylic acids is 4. The topological polar surface area (TPSA) is 237 Å². The average Bonchev–Trinajstić information content (AvgIpc) is 1.56. The SMILES string of the molecule is CCC(C)CCCCCCCCCCCCCCCCC(=O)OC[C@H](COP(=O)(O)OC[C@@H](O)COP(=O)(O)OC[C@@H](COC(=O)CCCCCCCCC(C)CC)OC(=O)CCCCCCCCC(C)C)OC(=O)CCCCCCCCCCCCCCCCC(C)CC. The molecule has 0 aliphatic heterocycles. The maximum absolute atomic E-state index is 13.1. The van der Waals surface area contributed by atoms with Crippen LogP contribution in [0.4, 0.5) is 0 Å². The molecule has 0 aromatic rings. The lowest BCUT2D eigenvalue weighted by Crippen LogP contribution is -2.30. The van der Waals surface area contributed by atoms with Gasteiger partial charge in [-0.1, -0.05) is 331 Å². The second-order valence-electron chi connectivity index (χ2n) is 28.6. The predicted molar refractivity (Wildman–Crippen MR) is 386 cm³/mol. The number of aliphatic hydroxyl groups excluding tert-OH is 1. The first-order valence-corrected chi connectivity index (χ1v) is 42.3. The third kappa shape index (κ3) is 66.4. The van der Waals surface area contributed by atoms with Gasteiger partial charge in [0, 0.05) is 25.7 Å². The molecule has 0 aliphatic carbocycles. The molecule has 0 heterocycles. The Balaban J connectivity index is 5.22. The van der Waals surface area contributed by atoms with Crippen molar-refractivity contribution in [3.63, 3.8) is 0 Å². The van der Waals surface area contributed by atoms with Crippen molar-refractivity contribution >= 4 is 39.5 Å². The van der Waals surface area contributed by atoms with Crippen molar-refractivity contribution in [3.8, 4) is 0 Å². The van der Waals surface area contributed by atoms with E-state index < -0.39 is 97.5 Å². The first-order chi connectivity index (χ1) is 45.7. The van der Waals surface area contributed by atoms with Gasteiger partial charge in [-0.15, -0.1) is 0 Å². The van der Waals surface area contributed by atoms with Crippen LogP contribution >= 0.6 is 15.6 Å². The summed E-state index contributed by atoms with van der Waals surface area (Å²) in [6.45, 7) is 14.2. The summed E-state index contributed by atoms with van der Waals surface area (Å²) in [6, 6.07) is 0. The zero-order valence-corrected chi connectivity index (χ0v) is 64.1. The highest BCUT2D eigenvalue weighted by Crippen LogP contribution is 2.45. The molecule has 0 radical (unpaired) electrons. The smallest absolute Gasteiger partial charge is 0.462 e.